The van der Waals surface area contributed by atoms with Crippen LogP contribution in [0.5, 0.6) is 0 Å². The molecule has 0 saturated carbocycles. The van der Waals surface area contributed by atoms with Crippen molar-refractivity contribution in [2.75, 3.05) is 26.7 Å². The van der Waals surface area contributed by atoms with Gasteiger partial charge in [-0.05, 0) is 31.9 Å². The Hall–Kier alpha value is -1.69. The van der Waals surface area contributed by atoms with Gasteiger partial charge >= 0.3 is 5.69 Å². The molecule has 1 aromatic rings. The van der Waals surface area contributed by atoms with Gasteiger partial charge in [0.05, 0.1) is 0 Å². The van der Waals surface area contributed by atoms with Crippen LogP contribution in [0.15, 0.2) is 10.9 Å². The van der Waals surface area contributed by atoms with Gasteiger partial charge in [-0.2, -0.15) is 4.98 Å². The zero-order valence-electron chi connectivity index (χ0n) is 14.4. The quantitative estimate of drug-likeness (QED) is 0.846. The molecule has 2 unspecified atom stereocenters. The molecule has 3 aliphatic rings. The Morgan fingerprint density at radius 1 is 1.26 bits per heavy atom. The second-order valence-electron chi connectivity index (χ2n) is 8.01. The summed E-state index contributed by atoms with van der Waals surface area (Å²) in [6, 6.07) is 1.97. The fraction of sp³-hybridized carbons (Fsp3) is 0.706. The first-order valence-electron chi connectivity index (χ1n) is 8.35. The maximum Gasteiger partial charge on any atom is 0.345 e. The van der Waals surface area contributed by atoms with Gasteiger partial charge in [-0.1, -0.05) is 20.8 Å². The lowest BCUT2D eigenvalue weighted by Gasteiger charge is -2.36. The van der Waals surface area contributed by atoms with E-state index >= 15 is 0 Å². The summed E-state index contributed by atoms with van der Waals surface area (Å²) < 4.78 is 0. The molecule has 4 rings (SSSR count). The highest BCUT2D eigenvalue weighted by molar-refractivity contribution is 5.92. The van der Waals surface area contributed by atoms with Gasteiger partial charge < -0.3 is 14.8 Å². The Morgan fingerprint density at radius 2 is 2.00 bits per heavy atom. The summed E-state index contributed by atoms with van der Waals surface area (Å²) in [6.07, 6.45) is 2.21. The predicted octanol–water partition coefficient (Wildman–Crippen LogP) is 1.23. The monoisotopic (exact) mass is 318 g/mol. The molecule has 3 fully saturated rings. The molecule has 1 N–H and O–H groups in total. The fourth-order valence-corrected chi connectivity index (χ4v) is 3.68. The number of nitrogens with zero attached hydrogens (tertiary/aromatic N) is 3. The largest absolute Gasteiger partial charge is 0.345 e. The molecule has 1 amide bonds. The number of fused-ring (bicyclic) bond motifs is 4. The van der Waals surface area contributed by atoms with Crippen molar-refractivity contribution in [3.8, 4) is 0 Å². The van der Waals surface area contributed by atoms with Gasteiger partial charge in [0.1, 0.15) is 5.69 Å². The maximum atomic E-state index is 13.0. The first-order valence-corrected chi connectivity index (χ1v) is 8.35. The van der Waals surface area contributed by atoms with E-state index in [2.05, 4.69) is 21.9 Å². The van der Waals surface area contributed by atoms with Gasteiger partial charge in [-0.25, -0.2) is 4.79 Å². The summed E-state index contributed by atoms with van der Waals surface area (Å²) >= 11 is 0. The number of H-pyrrole nitrogens is 1. The highest BCUT2D eigenvalue weighted by atomic mass is 16.2. The zero-order chi connectivity index (χ0) is 16.8. The van der Waals surface area contributed by atoms with Crippen molar-refractivity contribution < 1.29 is 4.79 Å². The number of hydrogen-bond donors (Lipinski definition) is 1. The van der Waals surface area contributed by atoms with Crippen LogP contribution >= 0.6 is 0 Å². The van der Waals surface area contributed by atoms with Crippen molar-refractivity contribution in [1.82, 2.24) is 19.8 Å². The molecule has 1 aromatic heterocycles. The molecule has 23 heavy (non-hydrogen) atoms. The Kier molecular flexibility index (Phi) is 4.04. The van der Waals surface area contributed by atoms with Gasteiger partial charge in [0, 0.05) is 36.8 Å². The molecule has 0 spiro atoms. The van der Waals surface area contributed by atoms with E-state index in [9.17, 15) is 9.59 Å². The van der Waals surface area contributed by atoms with Crippen LogP contribution in [-0.2, 0) is 5.41 Å². The normalized spacial score (nSPS) is 25.5. The second kappa shape index (κ2) is 5.74. The van der Waals surface area contributed by atoms with Gasteiger partial charge in [-0.15, -0.1) is 0 Å². The van der Waals surface area contributed by atoms with E-state index in [1.165, 1.54) is 6.42 Å². The molecule has 3 saturated heterocycles. The molecule has 0 radical (unpaired) electrons. The lowest BCUT2D eigenvalue weighted by atomic mass is 9.91. The number of likely N-dealkylation sites (N-methyl/N-ethyl adjacent to an activating group) is 1. The number of piperidine rings is 1. The van der Waals surface area contributed by atoms with Gasteiger partial charge in [-0.3, -0.25) is 4.79 Å². The van der Waals surface area contributed by atoms with E-state index in [0.29, 0.717) is 5.92 Å². The van der Waals surface area contributed by atoms with Crippen molar-refractivity contribution in [2.24, 2.45) is 5.92 Å². The minimum Gasteiger partial charge on any atom is -0.333 e. The molecule has 6 nitrogen and oxygen atoms in total. The van der Waals surface area contributed by atoms with Crippen molar-refractivity contribution in [3.05, 3.63) is 27.9 Å². The fourth-order valence-electron chi connectivity index (χ4n) is 3.68. The molecule has 6 heteroatoms. The summed E-state index contributed by atoms with van der Waals surface area (Å²) in [5.41, 5.74) is 0.347. The zero-order valence-corrected chi connectivity index (χ0v) is 14.4. The average molecular weight is 318 g/mol. The number of aromatic nitrogens is 2. The highest BCUT2D eigenvalue weighted by Crippen LogP contribution is 2.28. The summed E-state index contributed by atoms with van der Waals surface area (Å²) in [5, 5.41) is 0. The first-order chi connectivity index (χ1) is 10.7. The Morgan fingerprint density at radius 3 is 2.70 bits per heavy atom. The SMILES string of the molecule is CN1CC2CCC(C1)N(C(=O)c1cc(C(C)(C)C)[nH]c(=O)n1)C2. The lowest BCUT2D eigenvalue weighted by molar-refractivity contribution is 0.0580. The number of amides is 1. The van der Waals surface area contributed by atoms with Crippen LogP contribution in [-0.4, -0.2) is 58.4 Å². The number of rotatable bonds is 1. The van der Waals surface area contributed by atoms with Crippen molar-refractivity contribution in [3.63, 3.8) is 0 Å². The second-order valence-corrected chi connectivity index (χ2v) is 8.01. The summed E-state index contributed by atoms with van der Waals surface area (Å²) in [4.78, 5) is 35.8. The molecule has 3 aliphatic heterocycles. The molecule has 0 aromatic carbocycles. The third kappa shape index (κ3) is 3.32. The minimum absolute atomic E-state index is 0.105. The number of hydrogen-bond acceptors (Lipinski definition) is 4. The van der Waals surface area contributed by atoms with E-state index in [-0.39, 0.29) is 23.1 Å². The number of aromatic amines is 1. The van der Waals surface area contributed by atoms with E-state index in [1.54, 1.807) is 6.07 Å². The van der Waals surface area contributed by atoms with E-state index < -0.39 is 5.69 Å². The standard InChI is InChI=1S/C17H26N4O2/c1-17(2,3)14-7-13(18-16(23)19-14)15(22)21-9-11-5-6-12(21)10-20(4)8-11/h7,11-12H,5-6,8-10H2,1-4H3,(H,18,19,23). The van der Waals surface area contributed by atoms with E-state index in [4.69, 9.17) is 0 Å². The predicted molar refractivity (Wildman–Crippen MR) is 88.6 cm³/mol. The van der Waals surface area contributed by atoms with Crippen molar-refractivity contribution in [1.29, 1.82) is 0 Å². The third-order valence-electron chi connectivity index (χ3n) is 4.93. The van der Waals surface area contributed by atoms with E-state index in [0.717, 1.165) is 31.7 Å². The van der Waals surface area contributed by atoms with Crippen LogP contribution < -0.4 is 5.69 Å². The lowest BCUT2D eigenvalue weighted by Crippen LogP contribution is -2.48. The smallest absolute Gasteiger partial charge is 0.333 e. The Bertz CT molecular complexity index is 661. The van der Waals surface area contributed by atoms with Crippen LogP contribution in [0.25, 0.3) is 0 Å². The van der Waals surface area contributed by atoms with Crippen LogP contribution in [0.4, 0.5) is 0 Å². The van der Waals surface area contributed by atoms with Crippen LogP contribution in [0.2, 0.25) is 0 Å². The van der Waals surface area contributed by atoms with E-state index in [1.807, 2.05) is 25.7 Å². The van der Waals surface area contributed by atoms with Crippen LogP contribution in [0.3, 0.4) is 0 Å². The third-order valence-corrected chi connectivity index (χ3v) is 4.93. The number of nitrogens with one attached hydrogen (secondary N) is 1. The van der Waals surface area contributed by atoms with Crippen molar-refractivity contribution in [2.45, 2.75) is 45.1 Å². The number of carbonyl (C=O) groups is 1. The van der Waals surface area contributed by atoms with Gasteiger partial charge in [0.2, 0.25) is 0 Å². The topological polar surface area (TPSA) is 69.3 Å². The van der Waals surface area contributed by atoms with Crippen LogP contribution in [0.1, 0.15) is 49.8 Å². The maximum absolute atomic E-state index is 13.0. The minimum atomic E-state index is -0.446. The molecule has 2 atom stereocenters. The van der Waals surface area contributed by atoms with Gasteiger partial charge in [0.25, 0.3) is 5.91 Å². The molecule has 2 bridgehead atoms. The summed E-state index contributed by atoms with van der Waals surface area (Å²) in [7, 11) is 2.11. The Balaban J connectivity index is 1.92. The molecule has 4 heterocycles. The molecular weight excluding hydrogens is 292 g/mol. The average Bonchev–Trinajstić information content (AvgIpc) is 2.73. The molecule has 0 aliphatic carbocycles. The first kappa shape index (κ1) is 16.2. The summed E-state index contributed by atoms with van der Waals surface area (Å²) in [6.45, 7) is 8.74. The number of carbonyl (C=O) groups excluding carboxylic acids is 1. The van der Waals surface area contributed by atoms with Gasteiger partial charge in [0.15, 0.2) is 0 Å². The molecular formula is C17H26N4O2. The summed E-state index contributed by atoms with van der Waals surface area (Å²) in [5.74, 6) is 0.415. The highest BCUT2D eigenvalue weighted by Gasteiger charge is 2.37. The van der Waals surface area contributed by atoms with Crippen molar-refractivity contribution >= 4 is 5.91 Å². The van der Waals surface area contributed by atoms with Crippen LogP contribution in [0, 0.1) is 5.92 Å². The molecule has 126 valence electrons. The Labute approximate surface area is 136 Å².